The first-order valence-corrected chi connectivity index (χ1v) is 9.12. The minimum absolute atomic E-state index is 0.209. The molecule has 1 heterocycles. The normalized spacial score (nSPS) is 14.8. The second-order valence-corrected chi connectivity index (χ2v) is 6.76. The van der Waals surface area contributed by atoms with Crippen molar-refractivity contribution in [2.75, 3.05) is 26.2 Å². The van der Waals surface area contributed by atoms with Gasteiger partial charge in [0.15, 0.2) is 0 Å². The highest BCUT2D eigenvalue weighted by Gasteiger charge is 2.19. The molecule has 0 aliphatic carbocycles. The number of hydrogen-bond acceptors (Lipinski definition) is 4. The standard InChI is InChI=1S/C18H20ClFN2.C2H2O4/c19-17-7-4-8-18(20)16(17)14-22-11-9-21(10-12-22)13-15-5-2-1-3-6-15;3-1(4)2(5)6/h1-8H,9-14H2;(H,3,4)(H,5,6). The van der Waals surface area contributed by atoms with E-state index in [4.69, 9.17) is 31.4 Å². The first-order chi connectivity index (χ1) is 13.4. The van der Waals surface area contributed by atoms with Crippen LogP contribution in [0.15, 0.2) is 48.5 Å². The molecule has 0 bridgehead atoms. The van der Waals surface area contributed by atoms with Gasteiger partial charge in [-0.2, -0.15) is 0 Å². The van der Waals surface area contributed by atoms with E-state index in [-0.39, 0.29) is 5.82 Å². The van der Waals surface area contributed by atoms with Gasteiger partial charge in [0.05, 0.1) is 0 Å². The lowest BCUT2D eigenvalue weighted by Crippen LogP contribution is -2.45. The van der Waals surface area contributed by atoms with Gasteiger partial charge >= 0.3 is 11.9 Å². The first kappa shape index (κ1) is 21.8. The zero-order valence-corrected chi connectivity index (χ0v) is 16.0. The third kappa shape index (κ3) is 6.92. The number of halogens is 2. The van der Waals surface area contributed by atoms with E-state index in [0.29, 0.717) is 17.1 Å². The van der Waals surface area contributed by atoms with Gasteiger partial charge in [-0.15, -0.1) is 0 Å². The van der Waals surface area contributed by atoms with Crippen LogP contribution < -0.4 is 0 Å². The lowest BCUT2D eigenvalue weighted by atomic mass is 10.1. The number of nitrogens with zero attached hydrogens (tertiary/aromatic N) is 2. The van der Waals surface area contributed by atoms with E-state index in [9.17, 15) is 4.39 Å². The number of carbonyl (C=O) groups is 2. The Hall–Kier alpha value is -2.48. The third-order valence-electron chi connectivity index (χ3n) is 4.34. The van der Waals surface area contributed by atoms with E-state index < -0.39 is 11.9 Å². The number of aliphatic carboxylic acids is 2. The van der Waals surface area contributed by atoms with Crippen molar-refractivity contribution in [1.29, 1.82) is 0 Å². The van der Waals surface area contributed by atoms with Crippen molar-refractivity contribution in [2.45, 2.75) is 13.1 Å². The molecule has 28 heavy (non-hydrogen) atoms. The highest BCUT2D eigenvalue weighted by molar-refractivity contribution is 6.31. The van der Waals surface area contributed by atoms with Gasteiger partial charge in [-0.05, 0) is 17.7 Å². The maximum Gasteiger partial charge on any atom is 0.414 e. The van der Waals surface area contributed by atoms with Crippen LogP contribution in [0.1, 0.15) is 11.1 Å². The van der Waals surface area contributed by atoms with Crippen molar-refractivity contribution in [1.82, 2.24) is 9.80 Å². The van der Waals surface area contributed by atoms with Crippen LogP contribution in [-0.2, 0) is 22.7 Å². The molecule has 0 unspecified atom stereocenters. The highest BCUT2D eigenvalue weighted by Crippen LogP contribution is 2.21. The highest BCUT2D eigenvalue weighted by atomic mass is 35.5. The molecule has 1 aliphatic rings. The number of piperazine rings is 1. The minimum atomic E-state index is -1.82. The molecule has 2 N–H and O–H groups in total. The van der Waals surface area contributed by atoms with E-state index in [0.717, 1.165) is 32.7 Å². The molecule has 0 radical (unpaired) electrons. The number of rotatable bonds is 4. The summed E-state index contributed by atoms with van der Waals surface area (Å²) in [5, 5.41) is 15.3. The molecule has 8 heteroatoms. The Morgan fingerprint density at radius 2 is 1.39 bits per heavy atom. The fourth-order valence-electron chi connectivity index (χ4n) is 2.85. The summed E-state index contributed by atoms with van der Waals surface area (Å²) in [6.07, 6.45) is 0. The maximum absolute atomic E-state index is 13.8. The van der Waals surface area contributed by atoms with Gasteiger partial charge in [0.1, 0.15) is 5.82 Å². The van der Waals surface area contributed by atoms with E-state index >= 15 is 0 Å². The summed E-state index contributed by atoms with van der Waals surface area (Å²) in [5.74, 6) is -3.86. The molecular weight excluding hydrogens is 387 g/mol. The smallest absolute Gasteiger partial charge is 0.414 e. The fourth-order valence-corrected chi connectivity index (χ4v) is 3.08. The Morgan fingerprint density at radius 3 is 1.89 bits per heavy atom. The van der Waals surface area contributed by atoms with E-state index in [1.807, 2.05) is 6.07 Å². The second-order valence-electron chi connectivity index (χ2n) is 6.35. The third-order valence-corrected chi connectivity index (χ3v) is 4.69. The Labute approximate surface area is 167 Å². The van der Waals surface area contributed by atoms with Gasteiger partial charge < -0.3 is 10.2 Å². The molecule has 0 aromatic heterocycles. The Morgan fingerprint density at radius 1 is 0.857 bits per heavy atom. The molecule has 0 saturated carbocycles. The van der Waals surface area contributed by atoms with Crippen LogP contribution in [0.3, 0.4) is 0 Å². The van der Waals surface area contributed by atoms with Gasteiger partial charge in [0.25, 0.3) is 0 Å². The quantitative estimate of drug-likeness (QED) is 0.757. The van der Waals surface area contributed by atoms with Crippen LogP contribution in [0.4, 0.5) is 4.39 Å². The van der Waals surface area contributed by atoms with Gasteiger partial charge in [-0.25, -0.2) is 14.0 Å². The van der Waals surface area contributed by atoms with Crippen LogP contribution in [0.5, 0.6) is 0 Å². The monoisotopic (exact) mass is 408 g/mol. The van der Waals surface area contributed by atoms with Crippen molar-refractivity contribution >= 4 is 23.5 Å². The number of benzene rings is 2. The molecule has 1 fully saturated rings. The van der Waals surface area contributed by atoms with Gasteiger partial charge in [-0.1, -0.05) is 48.0 Å². The lowest BCUT2D eigenvalue weighted by Gasteiger charge is -2.34. The number of carboxylic acid groups (broad SMARTS) is 2. The van der Waals surface area contributed by atoms with Crippen LogP contribution in [0.25, 0.3) is 0 Å². The molecule has 0 spiro atoms. The topological polar surface area (TPSA) is 81.1 Å². The number of carboxylic acids is 2. The largest absolute Gasteiger partial charge is 0.473 e. The molecule has 0 amide bonds. The van der Waals surface area contributed by atoms with Crippen LogP contribution in [0, 0.1) is 5.82 Å². The lowest BCUT2D eigenvalue weighted by molar-refractivity contribution is -0.159. The van der Waals surface area contributed by atoms with Gasteiger partial charge in [-0.3, -0.25) is 9.80 Å². The summed E-state index contributed by atoms with van der Waals surface area (Å²) >= 11 is 6.11. The summed E-state index contributed by atoms with van der Waals surface area (Å²) < 4.78 is 13.8. The average molecular weight is 409 g/mol. The van der Waals surface area contributed by atoms with Crippen LogP contribution in [-0.4, -0.2) is 58.1 Å². The predicted octanol–water partition coefficient (Wildman–Crippen LogP) is 2.95. The van der Waals surface area contributed by atoms with E-state index in [2.05, 4.69) is 34.1 Å². The first-order valence-electron chi connectivity index (χ1n) is 8.74. The molecular formula is C20H22ClFN2O4. The van der Waals surface area contributed by atoms with Gasteiger partial charge in [0, 0.05) is 49.9 Å². The molecule has 1 saturated heterocycles. The molecule has 2 aromatic rings. The van der Waals surface area contributed by atoms with Crippen molar-refractivity contribution in [3.8, 4) is 0 Å². The van der Waals surface area contributed by atoms with Crippen molar-refractivity contribution < 1.29 is 24.2 Å². The zero-order chi connectivity index (χ0) is 20.5. The SMILES string of the molecule is Fc1cccc(Cl)c1CN1CCN(Cc2ccccc2)CC1.O=C(O)C(=O)O. The Balaban J connectivity index is 0.000000409. The summed E-state index contributed by atoms with van der Waals surface area (Å²) in [5.41, 5.74) is 1.95. The minimum Gasteiger partial charge on any atom is -0.473 e. The van der Waals surface area contributed by atoms with Crippen molar-refractivity contribution in [3.05, 3.63) is 70.5 Å². The van der Waals surface area contributed by atoms with Crippen LogP contribution >= 0.6 is 11.6 Å². The molecule has 0 atom stereocenters. The van der Waals surface area contributed by atoms with E-state index in [1.54, 1.807) is 12.1 Å². The average Bonchev–Trinajstić information content (AvgIpc) is 2.67. The maximum atomic E-state index is 13.8. The molecule has 6 nitrogen and oxygen atoms in total. The molecule has 1 aliphatic heterocycles. The molecule has 150 valence electrons. The summed E-state index contributed by atoms with van der Waals surface area (Å²) in [4.78, 5) is 22.9. The van der Waals surface area contributed by atoms with Gasteiger partial charge in [0.2, 0.25) is 0 Å². The Bertz CT molecular complexity index is 764. The Kier molecular flexibility index (Phi) is 8.38. The summed E-state index contributed by atoms with van der Waals surface area (Å²) in [6, 6.07) is 15.4. The zero-order valence-electron chi connectivity index (χ0n) is 15.2. The molecule has 3 rings (SSSR count). The fraction of sp³-hybridized carbons (Fsp3) is 0.300. The predicted molar refractivity (Wildman–Crippen MR) is 104 cm³/mol. The molecule has 2 aromatic carbocycles. The van der Waals surface area contributed by atoms with Crippen LogP contribution in [0.2, 0.25) is 5.02 Å². The number of hydrogen-bond donors (Lipinski definition) is 2. The second kappa shape index (κ2) is 10.8. The summed E-state index contributed by atoms with van der Waals surface area (Å²) in [6.45, 7) is 5.46. The van der Waals surface area contributed by atoms with Crippen molar-refractivity contribution in [2.24, 2.45) is 0 Å². The van der Waals surface area contributed by atoms with Crippen molar-refractivity contribution in [3.63, 3.8) is 0 Å². The summed E-state index contributed by atoms with van der Waals surface area (Å²) in [7, 11) is 0. The van der Waals surface area contributed by atoms with E-state index in [1.165, 1.54) is 11.6 Å².